The topological polar surface area (TPSA) is 36.3 Å². The lowest BCUT2D eigenvalue weighted by Crippen LogP contribution is -2.25. The lowest BCUT2D eigenvalue weighted by molar-refractivity contribution is 0.323. The number of thioether (sulfide) groups is 1. The average Bonchev–Trinajstić information content (AvgIpc) is 2.48. The van der Waals surface area contributed by atoms with Crippen molar-refractivity contribution in [1.82, 2.24) is 4.90 Å². The molecule has 4 heteroatoms. The Kier molecular flexibility index (Phi) is 8.93. The molecule has 20 heavy (non-hydrogen) atoms. The summed E-state index contributed by atoms with van der Waals surface area (Å²) in [5.74, 6) is 3.06. The molecule has 1 aromatic carbocycles. The minimum absolute atomic E-state index is 0.460. The van der Waals surface area contributed by atoms with Gasteiger partial charge >= 0.3 is 0 Å². The maximum Gasteiger partial charge on any atom is 0.119 e. The molecule has 0 unspecified atom stereocenters. The molecule has 110 valence electrons. The summed E-state index contributed by atoms with van der Waals surface area (Å²) in [6.07, 6.45) is 0.460. The third kappa shape index (κ3) is 6.83. The molecule has 0 heterocycles. The predicted molar refractivity (Wildman–Crippen MR) is 86.4 cm³/mol. The molecule has 0 saturated carbocycles. The highest BCUT2D eigenvalue weighted by Crippen LogP contribution is 2.13. The van der Waals surface area contributed by atoms with Crippen LogP contribution in [0.1, 0.15) is 19.4 Å². The number of rotatable bonds is 10. The molecule has 0 aliphatic carbocycles. The van der Waals surface area contributed by atoms with Crippen molar-refractivity contribution in [2.24, 2.45) is 0 Å². The highest BCUT2D eigenvalue weighted by atomic mass is 32.2. The standard InChI is InChI=1S/C16H24N2OS/c1-3-18(4-2)11-13-20-14-12-19-16-7-5-15(6-8-16)9-10-17/h5-8H,3-4,9,11-14H2,1-2H3. The van der Waals surface area contributed by atoms with E-state index in [1.165, 1.54) is 0 Å². The van der Waals surface area contributed by atoms with Crippen LogP contribution in [0.25, 0.3) is 0 Å². The fraction of sp³-hybridized carbons (Fsp3) is 0.562. The second-order valence-electron chi connectivity index (χ2n) is 4.47. The predicted octanol–water partition coefficient (Wildman–Crippen LogP) is 3.21. The van der Waals surface area contributed by atoms with Gasteiger partial charge in [-0.05, 0) is 30.8 Å². The highest BCUT2D eigenvalue weighted by molar-refractivity contribution is 7.99. The van der Waals surface area contributed by atoms with Crippen molar-refractivity contribution in [2.45, 2.75) is 20.3 Å². The number of nitrogens with zero attached hydrogens (tertiary/aromatic N) is 2. The zero-order valence-corrected chi connectivity index (χ0v) is 13.3. The Bertz CT molecular complexity index is 396. The second-order valence-corrected chi connectivity index (χ2v) is 5.69. The monoisotopic (exact) mass is 292 g/mol. The van der Waals surface area contributed by atoms with Crippen LogP contribution in [0, 0.1) is 11.3 Å². The fourth-order valence-corrected chi connectivity index (χ4v) is 2.64. The first kappa shape index (κ1) is 16.9. The van der Waals surface area contributed by atoms with Crippen LogP contribution in [-0.2, 0) is 6.42 Å². The molecule has 0 N–H and O–H groups in total. The molecule has 0 aliphatic rings. The van der Waals surface area contributed by atoms with Gasteiger partial charge in [0.25, 0.3) is 0 Å². The van der Waals surface area contributed by atoms with E-state index < -0.39 is 0 Å². The molecule has 1 aromatic rings. The van der Waals surface area contributed by atoms with E-state index in [2.05, 4.69) is 24.8 Å². The van der Waals surface area contributed by atoms with E-state index in [0.717, 1.165) is 49.1 Å². The summed E-state index contributed by atoms with van der Waals surface area (Å²) >= 11 is 1.93. The van der Waals surface area contributed by atoms with Crippen LogP contribution in [0.5, 0.6) is 5.75 Å². The fourth-order valence-electron chi connectivity index (χ4n) is 1.85. The lowest BCUT2D eigenvalue weighted by Gasteiger charge is -2.17. The first-order chi connectivity index (χ1) is 9.80. The van der Waals surface area contributed by atoms with Crippen LogP contribution < -0.4 is 4.74 Å². The van der Waals surface area contributed by atoms with Gasteiger partial charge in [-0.25, -0.2) is 0 Å². The van der Waals surface area contributed by atoms with Gasteiger partial charge in [-0.3, -0.25) is 0 Å². The number of nitriles is 1. The van der Waals surface area contributed by atoms with Gasteiger partial charge in [-0.2, -0.15) is 17.0 Å². The zero-order chi connectivity index (χ0) is 14.6. The molecule has 0 fully saturated rings. The quantitative estimate of drug-likeness (QED) is 0.620. The first-order valence-electron chi connectivity index (χ1n) is 7.19. The van der Waals surface area contributed by atoms with E-state index in [1.54, 1.807) is 0 Å². The van der Waals surface area contributed by atoms with Crippen molar-refractivity contribution in [3.8, 4) is 11.8 Å². The van der Waals surface area contributed by atoms with E-state index >= 15 is 0 Å². The largest absolute Gasteiger partial charge is 0.493 e. The summed E-state index contributed by atoms with van der Waals surface area (Å²) in [5, 5.41) is 8.60. The first-order valence-corrected chi connectivity index (χ1v) is 8.34. The third-order valence-corrected chi connectivity index (χ3v) is 4.08. The molecular weight excluding hydrogens is 268 g/mol. The second kappa shape index (κ2) is 10.6. The maximum atomic E-state index is 8.60. The van der Waals surface area contributed by atoms with Gasteiger partial charge in [0.05, 0.1) is 19.1 Å². The maximum absolute atomic E-state index is 8.60. The Hall–Kier alpha value is -1.18. The molecule has 0 aliphatic heterocycles. The Labute approximate surface area is 126 Å². The molecule has 1 rings (SSSR count). The molecule has 0 amide bonds. The van der Waals surface area contributed by atoms with Gasteiger partial charge in [0.1, 0.15) is 5.75 Å². The summed E-state index contributed by atoms with van der Waals surface area (Å²) in [6, 6.07) is 9.92. The Morgan fingerprint density at radius 1 is 1.15 bits per heavy atom. The minimum Gasteiger partial charge on any atom is -0.493 e. The molecule has 0 spiro atoms. The van der Waals surface area contributed by atoms with Crippen molar-refractivity contribution >= 4 is 11.8 Å². The van der Waals surface area contributed by atoms with E-state index in [9.17, 15) is 0 Å². The van der Waals surface area contributed by atoms with Gasteiger partial charge < -0.3 is 9.64 Å². The van der Waals surface area contributed by atoms with Crippen LogP contribution in [-0.4, -0.2) is 42.6 Å². The van der Waals surface area contributed by atoms with E-state index in [4.69, 9.17) is 10.00 Å². The molecule has 0 radical (unpaired) electrons. The Morgan fingerprint density at radius 2 is 1.85 bits per heavy atom. The number of benzene rings is 1. The van der Waals surface area contributed by atoms with Crippen LogP contribution in [0.3, 0.4) is 0 Å². The van der Waals surface area contributed by atoms with Gasteiger partial charge in [0, 0.05) is 18.1 Å². The number of hydrogen-bond donors (Lipinski definition) is 0. The number of ether oxygens (including phenoxy) is 1. The summed E-state index contributed by atoms with van der Waals surface area (Å²) in [7, 11) is 0. The van der Waals surface area contributed by atoms with E-state index in [-0.39, 0.29) is 0 Å². The van der Waals surface area contributed by atoms with Gasteiger partial charge in [-0.15, -0.1) is 0 Å². The minimum atomic E-state index is 0.460. The van der Waals surface area contributed by atoms with Crippen molar-refractivity contribution in [3.05, 3.63) is 29.8 Å². The average molecular weight is 292 g/mol. The zero-order valence-electron chi connectivity index (χ0n) is 12.5. The van der Waals surface area contributed by atoms with Crippen LogP contribution in [0.4, 0.5) is 0 Å². The van der Waals surface area contributed by atoms with Crippen molar-refractivity contribution < 1.29 is 4.74 Å². The smallest absolute Gasteiger partial charge is 0.119 e. The molecule has 0 saturated heterocycles. The Morgan fingerprint density at radius 3 is 2.45 bits per heavy atom. The van der Waals surface area contributed by atoms with Gasteiger partial charge in [0.15, 0.2) is 0 Å². The third-order valence-electron chi connectivity index (χ3n) is 3.15. The van der Waals surface area contributed by atoms with Crippen molar-refractivity contribution in [3.63, 3.8) is 0 Å². The van der Waals surface area contributed by atoms with Gasteiger partial charge in [0.2, 0.25) is 0 Å². The van der Waals surface area contributed by atoms with Crippen molar-refractivity contribution in [1.29, 1.82) is 5.26 Å². The molecular formula is C16H24N2OS. The van der Waals surface area contributed by atoms with E-state index in [1.807, 2.05) is 36.0 Å². The van der Waals surface area contributed by atoms with Crippen LogP contribution >= 0.6 is 11.8 Å². The molecule has 0 atom stereocenters. The highest BCUT2D eigenvalue weighted by Gasteiger charge is 1.99. The van der Waals surface area contributed by atoms with Crippen LogP contribution in [0.15, 0.2) is 24.3 Å². The lowest BCUT2D eigenvalue weighted by atomic mass is 10.2. The van der Waals surface area contributed by atoms with Crippen LogP contribution in [0.2, 0.25) is 0 Å². The summed E-state index contributed by atoms with van der Waals surface area (Å²) < 4.78 is 5.68. The number of hydrogen-bond acceptors (Lipinski definition) is 4. The SMILES string of the molecule is CCN(CC)CCSCCOc1ccc(CC#N)cc1. The van der Waals surface area contributed by atoms with Crippen molar-refractivity contribution in [2.75, 3.05) is 37.7 Å². The van der Waals surface area contributed by atoms with Gasteiger partial charge in [-0.1, -0.05) is 26.0 Å². The summed E-state index contributed by atoms with van der Waals surface area (Å²) in [6.45, 7) is 8.55. The molecule has 3 nitrogen and oxygen atoms in total. The molecule has 0 aromatic heterocycles. The summed E-state index contributed by atoms with van der Waals surface area (Å²) in [5.41, 5.74) is 1.04. The van der Waals surface area contributed by atoms with E-state index in [0.29, 0.717) is 6.42 Å². The molecule has 0 bridgehead atoms. The normalized spacial score (nSPS) is 10.5. The summed E-state index contributed by atoms with van der Waals surface area (Å²) in [4.78, 5) is 2.43. The Balaban J connectivity index is 2.10.